The zero-order chi connectivity index (χ0) is 21.8. The molecule has 0 unspecified atom stereocenters. The summed E-state index contributed by atoms with van der Waals surface area (Å²) in [5.41, 5.74) is -0.460. The molecule has 0 aliphatic heterocycles. The van der Waals surface area contributed by atoms with Crippen LogP contribution in [0.3, 0.4) is 0 Å². The zero-order valence-electron chi connectivity index (χ0n) is 13.9. The lowest BCUT2D eigenvalue weighted by Crippen LogP contribution is -2.02. The van der Waals surface area contributed by atoms with Gasteiger partial charge in [0, 0.05) is 0 Å². The van der Waals surface area contributed by atoms with E-state index in [1.807, 2.05) is 0 Å². The molecule has 152 valence electrons. The molecular formula is C16H10Cl6O6. The maximum Gasteiger partial charge on any atom is 0.341 e. The van der Waals surface area contributed by atoms with E-state index in [4.69, 9.17) is 89.3 Å². The summed E-state index contributed by atoms with van der Waals surface area (Å²) in [6, 6.07) is 2.66. The number of carboxylic acid groups (broad SMARTS) is 2. The van der Waals surface area contributed by atoms with Crippen molar-refractivity contribution in [2.24, 2.45) is 0 Å². The van der Waals surface area contributed by atoms with Crippen LogP contribution in [-0.2, 0) is 0 Å². The van der Waals surface area contributed by atoms with Gasteiger partial charge in [-0.1, -0.05) is 69.6 Å². The van der Waals surface area contributed by atoms with Gasteiger partial charge in [-0.05, 0) is 12.1 Å². The first-order valence-corrected chi connectivity index (χ1v) is 9.14. The fraction of sp³-hybridized carbons (Fsp3) is 0.125. The van der Waals surface area contributed by atoms with Crippen molar-refractivity contribution >= 4 is 81.5 Å². The van der Waals surface area contributed by atoms with Crippen LogP contribution in [0.25, 0.3) is 0 Å². The van der Waals surface area contributed by atoms with Crippen LogP contribution in [0, 0.1) is 0 Å². The molecule has 0 fully saturated rings. The third kappa shape index (κ3) is 5.41. The molecule has 0 aromatic heterocycles. The number of hydrogen-bond donors (Lipinski definition) is 2. The summed E-state index contributed by atoms with van der Waals surface area (Å²) in [5.74, 6) is -2.46. The maximum absolute atomic E-state index is 10.8. The Balaban J connectivity index is 0.000000280. The van der Waals surface area contributed by atoms with Gasteiger partial charge in [-0.2, -0.15) is 0 Å². The Morgan fingerprint density at radius 3 is 1.18 bits per heavy atom. The first-order valence-electron chi connectivity index (χ1n) is 6.87. The number of hydrogen-bond acceptors (Lipinski definition) is 4. The monoisotopic (exact) mass is 508 g/mol. The van der Waals surface area contributed by atoms with Crippen LogP contribution in [0.15, 0.2) is 12.1 Å². The lowest BCUT2D eigenvalue weighted by Gasteiger charge is -2.09. The van der Waals surface area contributed by atoms with E-state index in [2.05, 4.69) is 0 Å². The molecule has 0 atom stereocenters. The van der Waals surface area contributed by atoms with Crippen LogP contribution < -0.4 is 9.47 Å². The first kappa shape index (κ1) is 24.8. The molecule has 2 rings (SSSR count). The summed E-state index contributed by atoms with van der Waals surface area (Å²) >= 11 is 34.1. The molecule has 28 heavy (non-hydrogen) atoms. The van der Waals surface area contributed by atoms with Crippen molar-refractivity contribution in [2.75, 3.05) is 14.2 Å². The molecule has 0 aliphatic rings. The smallest absolute Gasteiger partial charge is 0.341 e. The van der Waals surface area contributed by atoms with E-state index in [1.54, 1.807) is 0 Å². The summed E-state index contributed by atoms with van der Waals surface area (Å²) in [7, 11) is 2.61. The minimum absolute atomic E-state index is 0.00793. The molecule has 0 saturated carbocycles. The van der Waals surface area contributed by atoms with Crippen molar-refractivity contribution in [3.8, 4) is 11.5 Å². The molecule has 0 aliphatic carbocycles. The van der Waals surface area contributed by atoms with Crippen LogP contribution in [0.1, 0.15) is 20.7 Å². The minimum Gasteiger partial charge on any atom is -0.494 e. The quantitative estimate of drug-likeness (QED) is 0.444. The molecule has 0 saturated heterocycles. The van der Waals surface area contributed by atoms with Gasteiger partial charge in [-0.15, -0.1) is 0 Å². The Bertz CT molecular complexity index is 855. The van der Waals surface area contributed by atoms with E-state index in [9.17, 15) is 9.59 Å². The number of methoxy groups -OCH3 is 2. The number of carboxylic acids is 2. The SMILES string of the molecule is COc1c(Cl)cc(Cl)c(Cl)c1C(=O)O.COc1c(Cl)cc(Cl)c(Cl)c1C(=O)O. The Morgan fingerprint density at radius 2 is 0.964 bits per heavy atom. The van der Waals surface area contributed by atoms with Gasteiger partial charge in [0.25, 0.3) is 0 Å². The second-order valence-electron chi connectivity index (χ2n) is 4.74. The van der Waals surface area contributed by atoms with E-state index in [-0.39, 0.29) is 52.8 Å². The van der Waals surface area contributed by atoms with E-state index >= 15 is 0 Å². The van der Waals surface area contributed by atoms with Crippen LogP contribution >= 0.6 is 69.6 Å². The van der Waals surface area contributed by atoms with E-state index in [1.165, 1.54) is 26.4 Å². The van der Waals surface area contributed by atoms with Crippen molar-refractivity contribution in [1.82, 2.24) is 0 Å². The topological polar surface area (TPSA) is 93.1 Å². The number of aromatic carboxylic acids is 2. The molecular weight excluding hydrogens is 501 g/mol. The van der Waals surface area contributed by atoms with E-state index < -0.39 is 11.9 Å². The van der Waals surface area contributed by atoms with Crippen molar-refractivity contribution in [1.29, 1.82) is 0 Å². The third-order valence-electron chi connectivity index (χ3n) is 3.09. The molecule has 6 nitrogen and oxygen atoms in total. The zero-order valence-corrected chi connectivity index (χ0v) is 18.5. The Kier molecular flexibility index (Phi) is 9.27. The van der Waals surface area contributed by atoms with E-state index in [0.29, 0.717) is 0 Å². The Hall–Kier alpha value is -1.28. The third-order valence-corrected chi connectivity index (χ3v) is 5.23. The lowest BCUT2D eigenvalue weighted by molar-refractivity contribution is 0.0682. The van der Waals surface area contributed by atoms with Gasteiger partial charge in [-0.25, -0.2) is 9.59 Å². The predicted molar refractivity (Wildman–Crippen MR) is 110 cm³/mol. The number of ether oxygens (including phenoxy) is 2. The number of halogens is 6. The summed E-state index contributed by atoms with van der Waals surface area (Å²) < 4.78 is 9.63. The molecule has 0 amide bonds. The highest BCUT2D eigenvalue weighted by Crippen LogP contribution is 2.39. The fourth-order valence-electron chi connectivity index (χ4n) is 1.94. The van der Waals surface area contributed by atoms with Gasteiger partial charge in [0.1, 0.15) is 11.1 Å². The molecule has 0 heterocycles. The average Bonchev–Trinajstić information content (AvgIpc) is 2.60. The van der Waals surface area contributed by atoms with Crippen molar-refractivity contribution in [2.45, 2.75) is 0 Å². The second-order valence-corrected chi connectivity index (χ2v) is 7.12. The molecule has 0 bridgehead atoms. The highest BCUT2D eigenvalue weighted by molar-refractivity contribution is 6.46. The first-order chi connectivity index (χ1) is 13.0. The maximum atomic E-state index is 10.8. The average molecular weight is 511 g/mol. The summed E-state index contributed by atoms with van der Waals surface area (Å²) in [6.45, 7) is 0. The molecule has 2 N–H and O–H groups in total. The molecule has 2 aromatic rings. The standard InChI is InChI=1S/2C8H5Cl3O3/c2*1-14-7-4(10)2-3(9)6(11)5(7)8(12)13/h2*2H,1H3,(H,12,13). The van der Waals surface area contributed by atoms with E-state index in [0.717, 1.165) is 0 Å². The Morgan fingerprint density at radius 1 is 0.679 bits per heavy atom. The summed E-state index contributed by atoms with van der Waals surface area (Å²) in [6.07, 6.45) is 0. The highest BCUT2D eigenvalue weighted by Gasteiger charge is 2.22. The predicted octanol–water partition coefficient (Wildman–Crippen LogP) is 6.71. The number of rotatable bonds is 4. The van der Waals surface area contributed by atoms with Gasteiger partial charge < -0.3 is 19.7 Å². The largest absolute Gasteiger partial charge is 0.494 e. The van der Waals surface area contributed by atoms with Gasteiger partial charge in [-0.3, -0.25) is 0 Å². The van der Waals surface area contributed by atoms with Gasteiger partial charge in [0.15, 0.2) is 11.5 Å². The van der Waals surface area contributed by atoms with Crippen molar-refractivity contribution in [3.63, 3.8) is 0 Å². The molecule has 12 heteroatoms. The highest BCUT2D eigenvalue weighted by atomic mass is 35.5. The van der Waals surface area contributed by atoms with Crippen LogP contribution in [0.5, 0.6) is 11.5 Å². The van der Waals surface area contributed by atoms with Gasteiger partial charge >= 0.3 is 11.9 Å². The van der Waals surface area contributed by atoms with Gasteiger partial charge in [0.05, 0.1) is 44.4 Å². The van der Waals surface area contributed by atoms with Crippen LogP contribution in [0.4, 0.5) is 0 Å². The summed E-state index contributed by atoms with van der Waals surface area (Å²) in [4.78, 5) is 21.6. The Labute approximate surface area is 189 Å². The minimum atomic E-state index is -1.24. The number of benzene rings is 2. The fourth-order valence-corrected chi connectivity index (χ4v) is 3.46. The number of carbonyl (C=O) groups is 2. The van der Waals surface area contributed by atoms with Crippen LogP contribution in [-0.4, -0.2) is 36.4 Å². The van der Waals surface area contributed by atoms with Crippen molar-refractivity contribution in [3.05, 3.63) is 53.4 Å². The van der Waals surface area contributed by atoms with Gasteiger partial charge in [0.2, 0.25) is 0 Å². The second kappa shape index (κ2) is 10.5. The normalized spacial score (nSPS) is 10.0. The molecule has 2 aromatic carbocycles. The molecule has 0 spiro atoms. The summed E-state index contributed by atoms with van der Waals surface area (Å²) in [5, 5.41) is 17.9. The van der Waals surface area contributed by atoms with Crippen LogP contribution in [0.2, 0.25) is 30.1 Å². The van der Waals surface area contributed by atoms with Crippen molar-refractivity contribution < 1.29 is 29.3 Å². The molecule has 0 radical (unpaired) electrons. The lowest BCUT2D eigenvalue weighted by atomic mass is 10.2.